The first-order valence-electron chi connectivity index (χ1n) is 4.58. The molecule has 3 N–H and O–H groups in total. The van der Waals surface area contributed by atoms with E-state index in [-0.39, 0.29) is 5.82 Å². The van der Waals surface area contributed by atoms with Gasteiger partial charge in [-0.05, 0) is 0 Å². The van der Waals surface area contributed by atoms with Crippen LogP contribution in [0.5, 0.6) is 0 Å². The van der Waals surface area contributed by atoms with Crippen molar-refractivity contribution in [3.63, 3.8) is 0 Å². The third kappa shape index (κ3) is 2.06. The second-order valence-corrected chi connectivity index (χ2v) is 3.25. The van der Waals surface area contributed by atoms with E-state index in [9.17, 15) is 8.78 Å². The monoisotopic (exact) mass is 228 g/mol. The van der Waals surface area contributed by atoms with E-state index in [0.717, 1.165) is 0 Å². The first kappa shape index (κ1) is 10.7. The summed E-state index contributed by atoms with van der Waals surface area (Å²) in [6.07, 6.45) is 4.56. The fraction of sp³-hybridized carbons (Fsp3) is 0.375. The summed E-state index contributed by atoms with van der Waals surface area (Å²) in [4.78, 5) is 3.91. The van der Waals surface area contributed by atoms with Crippen LogP contribution in [0.15, 0.2) is 18.7 Å². The highest BCUT2D eigenvalue weighted by Gasteiger charge is 2.26. The maximum absolute atomic E-state index is 12.9. The van der Waals surface area contributed by atoms with Gasteiger partial charge in [-0.15, -0.1) is 10.2 Å². The van der Waals surface area contributed by atoms with Crippen LogP contribution in [0, 0.1) is 0 Å². The Bertz CT molecular complexity index is 482. The number of alkyl halides is 2. The van der Waals surface area contributed by atoms with Gasteiger partial charge in [0.05, 0.1) is 13.1 Å². The quantitative estimate of drug-likeness (QED) is 0.777. The highest BCUT2D eigenvalue weighted by molar-refractivity contribution is 5.61. The van der Waals surface area contributed by atoms with Crippen LogP contribution in [0.3, 0.4) is 0 Å². The second kappa shape index (κ2) is 3.97. The molecule has 2 rings (SSSR count). The van der Waals surface area contributed by atoms with Gasteiger partial charge in [-0.1, -0.05) is 0 Å². The molecule has 2 aromatic rings. The topological polar surface area (TPSA) is 81.1 Å². The van der Waals surface area contributed by atoms with Crippen molar-refractivity contribution in [1.82, 2.24) is 19.6 Å². The molecule has 0 bridgehead atoms. The molecule has 2 heterocycles. The number of aromatic nitrogens is 4. The minimum atomic E-state index is -2.96. The van der Waals surface area contributed by atoms with E-state index in [1.165, 1.54) is 12.5 Å². The van der Waals surface area contributed by atoms with Crippen molar-refractivity contribution < 1.29 is 8.78 Å². The lowest BCUT2D eigenvalue weighted by atomic mass is 10.3. The highest BCUT2D eigenvalue weighted by Crippen LogP contribution is 2.14. The Morgan fingerprint density at radius 3 is 3.06 bits per heavy atom. The lowest BCUT2D eigenvalue weighted by molar-refractivity contribution is 0.0253. The molecule has 0 amide bonds. The first-order valence-corrected chi connectivity index (χ1v) is 4.58. The van der Waals surface area contributed by atoms with Crippen molar-refractivity contribution in [2.45, 2.75) is 5.92 Å². The van der Waals surface area contributed by atoms with E-state index in [2.05, 4.69) is 20.5 Å². The summed E-state index contributed by atoms with van der Waals surface area (Å²) in [7, 11) is 0. The van der Waals surface area contributed by atoms with Gasteiger partial charge in [0, 0.05) is 12.4 Å². The molecule has 8 heteroatoms. The average Bonchev–Trinajstić information content (AvgIpc) is 2.75. The van der Waals surface area contributed by atoms with Crippen LogP contribution >= 0.6 is 0 Å². The third-order valence-electron chi connectivity index (χ3n) is 2.03. The van der Waals surface area contributed by atoms with Crippen molar-refractivity contribution in [3.8, 4) is 0 Å². The Labute approximate surface area is 89.5 Å². The number of anilines is 1. The van der Waals surface area contributed by atoms with Gasteiger partial charge in [-0.25, -0.2) is 13.8 Å². The summed E-state index contributed by atoms with van der Waals surface area (Å²) in [6.45, 7) is -1.29. The standard InChI is InChI=1S/C8H10F2N6/c9-8(10,3-11)4-13-6-7-15-14-5-16(7)2-1-12-6/h1-2,5H,3-4,11H2,(H,12,13). The lowest BCUT2D eigenvalue weighted by Crippen LogP contribution is -2.35. The number of halogens is 2. The lowest BCUT2D eigenvalue weighted by Gasteiger charge is -2.14. The van der Waals surface area contributed by atoms with Crippen LogP contribution in [0.2, 0.25) is 0 Å². The van der Waals surface area contributed by atoms with Crippen molar-refractivity contribution in [3.05, 3.63) is 18.7 Å². The molecule has 0 radical (unpaired) electrons. The second-order valence-electron chi connectivity index (χ2n) is 3.25. The number of fused-ring (bicyclic) bond motifs is 1. The zero-order valence-corrected chi connectivity index (χ0v) is 8.27. The predicted molar refractivity (Wildman–Crippen MR) is 53.3 cm³/mol. The SMILES string of the molecule is NCC(F)(F)CNc1nccn2cnnc12. The molecular formula is C8H10F2N6. The van der Waals surface area contributed by atoms with Crippen molar-refractivity contribution in [2.75, 3.05) is 18.4 Å². The van der Waals surface area contributed by atoms with Crippen LogP contribution in [0.25, 0.3) is 5.65 Å². The van der Waals surface area contributed by atoms with Gasteiger partial charge in [-0.3, -0.25) is 4.40 Å². The number of nitrogens with two attached hydrogens (primary N) is 1. The van der Waals surface area contributed by atoms with E-state index in [0.29, 0.717) is 5.65 Å². The normalized spacial score (nSPS) is 11.9. The Morgan fingerprint density at radius 1 is 1.50 bits per heavy atom. The fourth-order valence-corrected chi connectivity index (χ4v) is 1.17. The minimum Gasteiger partial charge on any atom is -0.361 e. The number of hydrogen-bond donors (Lipinski definition) is 2. The fourth-order valence-electron chi connectivity index (χ4n) is 1.17. The molecule has 0 aliphatic carbocycles. The molecule has 0 atom stereocenters. The Morgan fingerprint density at radius 2 is 2.31 bits per heavy atom. The molecule has 2 aromatic heterocycles. The van der Waals surface area contributed by atoms with Crippen molar-refractivity contribution in [2.24, 2.45) is 5.73 Å². The number of nitrogens with zero attached hydrogens (tertiary/aromatic N) is 4. The number of nitrogens with one attached hydrogen (secondary N) is 1. The predicted octanol–water partition coefficient (Wildman–Crippen LogP) is 0.130. The summed E-state index contributed by atoms with van der Waals surface area (Å²) in [6, 6.07) is 0. The van der Waals surface area contributed by atoms with E-state index < -0.39 is 19.0 Å². The van der Waals surface area contributed by atoms with Crippen LogP contribution in [-0.2, 0) is 0 Å². The van der Waals surface area contributed by atoms with Crippen LogP contribution in [0.4, 0.5) is 14.6 Å². The molecule has 0 aromatic carbocycles. The first-order chi connectivity index (χ1) is 7.62. The Balaban J connectivity index is 2.18. The summed E-state index contributed by atoms with van der Waals surface area (Å²) in [5.74, 6) is -2.71. The van der Waals surface area contributed by atoms with Gasteiger partial charge in [0.25, 0.3) is 5.92 Å². The van der Waals surface area contributed by atoms with Crippen LogP contribution in [0.1, 0.15) is 0 Å². The summed E-state index contributed by atoms with van der Waals surface area (Å²) in [5.41, 5.74) is 5.32. The molecule has 16 heavy (non-hydrogen) atoms. The van der Waals surface area contributed by atoms with Gasteiger partial charge in [0.15, 0.2) is 5.82 Å². The average molecular weight is 228 g/mol. The van der Waals surface area contributed by atoms with Crippen molar-refractivity contribution >= 4 is 11.5 Å². The molecule has 86 valence electrons. The molecule has 0 aliphatic heterocycles. The smallest absolute Gasteiger partial charge is 0.276 e. The van der Waals surface area contributed by atoms with Gasteiger partial charge in [0.2, 0.25) is 5.65 Å². The third-order valence-corrected chi connectivity index (χ3v) is 2.03. The molecule has 0 saturated carbocycles. The largest absolute Gasteiger partial charge is 0.361 e. The van der Waals surface area contributed by atoms with Gasteiger partial charge >= 0.3 is 0 Å². The van der Waals surface area contributed by atoms with E-state index in [4.69, 9.17) is 5.73 Å². The summed E-state index contributed by atoms with van der Waals surface area (Å²) < 4.78 is 27.4. The molecule has 0 saturated heterocycles. The zero-order valence-electron chi connectivity index (χ0n) is 8.27. The molecule has 0 spiro atoms. The molecule has 0 aliphatic rings. The molecule has 0 unspecified atom stereocenters. The maximum atomic E-state index is 12.9. The zero-order chi connectivity index (χ0) is 11.6. The Hall–Kier alpha value is -1.83. The van der Waals surface area contributed by atoms with E-state index in [1.807, 2.05) is 0 Å². The molecule has 6 nitrogen and oxygen atoms in total. The summed E-state index contributed by atoms with van der Waals surface area (Å²) in [5, 5.41) is 9.90. The number of hydrogen-bond acceptors (Lipinski definition) is 5. The van der Waals surface area contributed by atoms with E-state index >= 15 is 0 Å². The maximum Gasteiger partial charge on any atom is 0.276 e. The van der Waals surface area contributed by atoms with Gasteiger partial charge in [0.1, 0.15) is 6.33 Å². The number of rotatable bonds is 4. The molecule has 0 fully saturated rings. The summed E-state index contributed by atoms with van der Waals surface area (Å²) >= 11 is 0. The van der Waals surface area contributed by atoms with E-state index in [1.54, 1.807) is 10.6 Å². The highest BCUT2D eigenvalue weighted by atomic mass is 19.3. The van der Waals surface area contributed by atoms with Crippen LogP contribution in [-0.4, -0.2) is 38.6 Å². The van der Waals surface area contributed by atoms with Crippen LogP contribution < -0.4 is 11.1 Å². The minimum absolute atomic E-state index is 0.258. The van der Waals surface area contributed by atoms with Crippen molar-refractivity contribution in [1.29, 1.82) is 0 Å². The van der Waals surface area contributed by atoms with Gasteiger partial charge < -0.3 is 11.1 Å². The van der Waals surface area contributed by atoms with Gasteiger partial charge in [-0.2, -0.15) is 0 Å². The Kier molecular flexibility index (Phi) is 2.65. The molecular weight excluding hydrogens is 218 g/mol.